The van der Waals surface area contributed by atoms with Crippen molar-refractivity contribution < 1.29 is 0 Å². The molecule has 0 fully saturated rings. The van der Waals surface area contributed by atoms with Crippen LogP contribution in [0.5, 0.6) is 0 Å². The first kappa shape index (κ1) is 13.9. The minimum absolute atomic E-state index is 0.516. The zero-order valence-corrected chi connectivity index (χ0v) is 10.1. The molecule has 3 heteroatoms. The summed E-state index contributed by atoms with van der Waals surface area (Å²) in [5.74, 6) is 0. The second kappa shape index (κ2) is 8.24. The summed E-state index contributed by atoms with van der Waals surface area (Å²) in [4.78, 5) is 2.20. The lowest BCUT2D eigenvalue weighted by molar-refractivity contribution is 0.362. The summed E-state index contributed by atoms with van der Waals surface area (Å²) >= 11 is 0. The van der Waals surface area contributed by atoms with Gasteiger partial charge in [-0.15, -0.1) is 0 Å². The molecular formula is C12H23N3. The van der Waals surface area contributed by atoms with Gasteiger partial charge in [0.15, 0.2) is 0 Å². The van der Waals surface area contributed by atoms with Crippen LogP contribution in [0.4, 0.5) is 0 Å². The molecule has 0 heterocycles. The van der Waals surface area contributed by atoms with Crippen molar-refractivity contribution in [1.29, 1.82) is 5.41 Å². The minimum atomic E-state index is 0.516. The van der Waals surface area contributed by atoms with E-state index in [-0.39, 0.29) is 0 Å². The summed E-state index contributed by atoms with van der Waals surface area (Å²) in [6.45, 7) is 13.0. The van der Waals surface area contributed by atoms with E-state index in [0.29, 0.717) is 6.04 Å². The standard InChI is InChI=1S/C12H23N3/c1-5-12(7-8-13)15(6-2)10-9-14-11(3)4/h5,7-8,11,13-14H,1,6,9-10H2,2-4H3/b12-7+,13-8?. The number of hydrogen-bond donors (Lipinski definition) is 2. The smallest absolute Gasteiger partial charge is 0.0375 e. The average molecular weight is 209 g/mol. The van der Waals surface area contributed by atoms with Crippen molar-refractivity contribution in [2.24, 2.45) is 0 Å². The van der Waals surface area contributed by atoms with Gasteiger partial charge >= 0.3 is 0 Å². The molecule has 0 aromatic heterocycles. The van der Waals surface area contributed by atoms with Crippen molar-refractivity contribution in [3.63, 3.8) is 0 Å². The number of nitrogens with one attached hydrogen (secondary N) is 2. The third-order valence-electron chi connectivity index (χ3n) is 2.14. The van der Waals surface area contributed by atoms with Gasteiger partial charge in [-0.2, -0.15) is 0 Å². The van der Waals surface area contributed by atoms with Gasteiger partial charge < -0.3 is 15.6 Å². The average Bonchev–Trinajstić information content (AvgIpc) is 2.21. The maximum Gasteiger partial charge on any atom is 0.0375 e. The maximum atomic E-state index is 7.06. The number of rotatable bonds is 8. The lowest BCUT2D eigenvalue weighted by Gasteiger charge is -2.24. The van der Waals surface area contributed by atoms with Crippen LogP contribution >= 0.6 is 0 Å². The Labute approximate surface area is 93.4 Å². The van der Waals surface area contributed by atoms with E-state index in [1.165, 1.54) is 6.21 Å². The lowest BCUT2D eigenvalue weighted by atomic mass is 10.3. The Morgan fingerprint density at radius 1 is 1.53 bits per heavy atom. The van der Waals surface area contributed by atoms with Gasteiger partial charge in [-0.05, 0) is 19.1 Å². The highest BCUT2D eigenvalue weighted by atomic mass is 15.1. The highest BCUT2D eigenvalue weighted by Crippen LogP contribution is 2.03. The van der Waals surface area contributed by atoms with E-state index in [0.717, 1.165) is 25.3 Å². The second-order valence-electron chi connectivity index (χ2n) is 3.65. The molecule has 0 aromatic carbocycles. The molecule has 0 radical (unpaired) electrons. The maximum absolute atomic E-state index is 7.06. The summed E-state index contributed by atoms with van der Waals surface area (Å²) in [7, 11) is 0. The Balaban J connectivity index is 4.16. The summed E-state index contributed by atoms with van der Waals surface area (Å²) in [6.07, 6.45) is 4.87. The minimum Gasteiger partial charge on any atom is -0.371 e. The molecule has 86 valence electrons. The van der Waals surface area contributed by atoms with Crippen LogP contribution in [0.1, 0.15) is 20.8 Å². The SMILES string of the molecule is C=C/C(=C\C=N)N(CC)CCNC(C)C. The van der Waals surface area contributed by atoms with Crippen molar-refractivity contribution in [2.45, 2.75) is 26.8 Å². The molecule has 15 heavy (non-hydrogen) atoms. The summed E-state index contributed by atoms with van der Waals surface area (Å²) in [6, 6.07) is 0.516. The van der Waals surface area contributed by atoms with Gasteiger partial charge in [-0.25, -0.2) is 0 Å². The first-order chi connectivity index (χ1) is 7.15. The van der Waals surface area contributed by atoms with Crippen LogP contribution in [0, 0.1) is 5.41 Å². The Bertz CT molecular complexity index is 219. The first-order valence-electron chi connectivity index (χ1n) is 5.47. The summed E-state index contributed by atoms with van der Waals surface area (Å²) < 4.78 is 0. The molecule has 0 atom stereocenters. The zero-order valence-electron chi connectivity index (χ0n) is 10.1. The topological polar surface area (TPSA) is 39.1 Å². The molecule has 0 aliphatic heterocycles. The van der Waals surface area contributed by atoms with E-state index >= 15 is 0 Å². The van der Waals surface area contributed by atoms with Gasteiger partial charge in [0, 0.05) is 37.6 Å². The fraction of sp³-hybridized carbons (Fsp3) is 0.583. The van der Waals surface area contributed by atoms with E-state index < -0.39 is 0 Å². The quantitative estimate of drug-likeness (QED) is 0.474. The van der Waals surface area contributed by atoms with Crippen molar-refractivity contribution in [2.75, 3.05) is 19.6 Å². The van der Waals surface area contributed by atoms with Crippen molar-refractivity contribution in [1.82, 2.24) is 10.2 Å². The van der Waals surface area contributed by atoms with Crippen LogP contribution in [0.15, 0.2) is 24.4 Å². The highest BCUT2D eigenvalue weighted by molar-refractivity contribution is 5.69. The molecule has 0 bridgehead atoms. The van der Waals surface area contributed by atoms with E-state index in [4.69, 9.17) is 5.41 Å². The molecule has 0 rings (SSSR count). The Hall–Kier alpha value is -1.09. The van der Waals surface area contributed by atoms with E-state index in [2.05, 4.69) is 37.6 Å². The molecule has 0 aromatic rings. The second-order valence-corrected chi connectivity index (χ2v) is 3.65. The predicted octanol–water partition coefficient (Wildman–Crippen LogP) is 2.03. The van der Waals surface area contributed by atoms with E-state index in [1.54, 1.807) is 12.2 Å². The van der Waals surface area contributed by atoms with Gasteiger partial charge in [0.2, 0.25) is 0 Å². The zero-order chi connectivity index (χ0) is 11.7. The molecule has 3 nitrogen and oxygen atoms in total. The lowest BCUT2D eigenvalue weighted by Crippen LogP contribution is -2.34. The fourth-order valence-electron chi connectivity index (χ4n) is 1.35. The number of nitrogens with zero attached hydrogens (tertiary/aromatic N) is 1. The summed E-state index contributed by atoms with van der Waals surface area (Å²) in [5.41, 5.74) is 1.01. The highest BCUT2D eigenvalue weighted by Gasteiger charge is 2.03. The molecule has 0 spiro atoms. The largest absolute Gasteiger partial charge is 0.371 e. The van der Waals surface area contributed by atoms with Gasteiger partial charge in [-0.1, -0.05) is 20.4 Å². The van der Waals surface area contributed by atoms with Gasteiger partial charge in [0.25, 0.3) is 0 Å². The van der Waals surface area contributed by atoms with Crippen molar-refractivity contribution in [3.8, 4) is 0 Å². The fourth-order valence-corrected chi connectivity index (χ4v) is 1.35. The Morgan fingerprint density at radius 2 is 2.20 bits per heavy atom. The first-order valence-corrected chi connectivity index (χ1v) is 5.47. The number of allylic oxidation sites excluding steroid dienone is 2. The number of likely N-dealkylation sites (N-methyl/N-ethyl adjacent to an activating group) is 1. The molecule has 0 aliphatic carbocycles. The summed E-state index contributed by atoms with van der Waals surface area (Å²) in [5, 5.41) is 10.4. The molecule has 2 N–H and O–H groups in total. The Morgan fingerprint density at radius 3 is 2.60 bits per heavy atom. The molecule has 0 saturated heterocycles. The van der Waals surface area contributed by atoms with Crippen LogP contribution in [0.2, 0.25) is 0 Å². The molecule has 0 saturated carbocycles. The van der Waals surface area contributed by atoms with Gasteiger partial charge in [0.1, 0.15) is 0 Å². The number of hydrogen-bond acceptors (Lipinski definition) is 3. The Kier molecular flexibility index (Phi) is 7.64. The third kappa shape index (κ3) is 6.07. The van der Waals surface area contributed by atoms with Crippen LogP contribution in [-0.4, -0.2) is 36.8 Å². The van der Waals surface area contributed by atoms with Crippen LogP contribution in [-0.2, 0) is 0 Å². The van der Waals surface area contributed by atoms with Crippen LogP contribution in [0.3, 0.4) is 0 Å². The molecule has 0 unspecified atom stereocenters. The molecule has 0 aliphatic rings. The van der Waals surface area contributed by atoms with Crippen LogP contribution < -0.4 is 5.32 Å². The van der Waals surface area contributed by atoms with Crippen molar-refractivity contribution >= 4 is 6.21 Å². The van der Waals surface area contributed by atoms with Gasteiger partial charge in [-0.3, -0.25) is 0 Å². The van der Waals surface area contributed by atoms with Crippen LogP contribution in [0.25, 0.3) is 0 Å². The molecular weight excluding hydrogens is 186 g/mol. The van der Waals surface area contributed by atoms with E-state index in [9.17, 15) is 0 Å². The molecule has 0 amide bonds. The van der Waals surface area contributed by atoms with Crippen molar-refractivity contribution in [3.05, 3.63) is 24.4 Å². The normalized spacial score (nSPS) is 11.6. The third-order valence-corrected chi connectivity index (χ3v) is 2.14. The van der Waals surface area contributed by atoms with E-state index in [1.807, 2.05) is 0 Å². The monoisotopic (exact) mass is 209 g/mol. The van der Waals surface area contributed by atoms with Gasteiger partial charge in [0.05, 0.1) is 0 Å². The predicted molar refractivity (Wildman–Crippen MR) is 67.4 cm³/mol.